The van der Waals surface area contributed by atoms with Crippen LogP contribution in [0.3, 0.4) is 0 Å². The number of nitrogens with zero attached hydrogens (tertiary/aromatic N) is 3. The minimum absolute atomic E-state index is 0.239. The molecule has 1 unspecified atom stereocenters. The Hall–Kier alpha value is -0.900. The molecule has 1 fully saturated rings. The molecule has 1 atom stereocenters. The van der Waals surface area contributed by atoms with Gasteiger partial charge in [0, 0.05) is 19.0 Å². The first-order valence-electron chi connectivity index (χ1n) is 8.29. The van der Waals surface area contributed by atoms with Crippen LogP contribution in [-0.2, 0) is 13.0 Å². The summed E-state index contributed by atoms with van der Waals surface area (Å²) in [6.45, 7) is 5.35. The zero-order valence-corrected chi connectivity index (χ0v) is 13.1. The lowest BCUT2D eigenvalue weighted by molar-refractivity contribution is 0.315. The number of nitrogens with two attached hydrogens (primary N) is 1. The van der Waals surface area contributed by atoms with Gasteiger partial charge in [-0.15, -0.1) is 0 Å². The Balaban J connectivity index is 1.92. The molecule has 2 N–H and O–H groups in total. The summed E-state index contributed by atoms with van der Waals surface area (Å²) in [5.41, 5.74) is 6.48. The highest BCUT2D eigenvalue weighted by molar-refractivity contribution is 4.91. The zero-order chi connectivity index (χ0) is 14.4. The summed E-state index contributed by atoms with van der Waals surface area (Å²) in [4.78, 5) is 4.42. The second kappa shape index (κ2) is 7.77. The van der Waals surface area contributed by atoms with Gasteiger partial charge in [-0.1, -0.05) is 46.0 Å². The fraction of sp³-hybridized carbons (Fsp3) is 0.875. The highest BCUT2D eigenvalue weighted by Gasteiger charge is 2.21. The van der Waals surface area contributed by atoms with E-state index in [0.717, 1.165) is 18.8 Å². The van der Waals surface area contributed by atoms with Gasteiger partial charge in [-0.05, 0) is 24.7 Å². The Bertz CT molecular complexity index is 378. The van der Waals surface area contributed by atoms with Crippen LogP contribution in [0, 0.1) is 11.8 Å². The molecule has 0 aromatic carbocycles. The summed E-state index contributed by atoms with van der Waals surface area (Å²) in [7, 11) is 0. The first kappa shape index (κ1) is 15.5. The summed E-state index contributed by atoms with van der Waals surface area (Å²) in [6, 6.07) is 0.239. The predicted octanol–water partition coefficient (Wildman–Crippen LogP) is 3.16. The van der Waals surface area contributed by atoms with Crippen molar-refractivity contribution >= 4 is 0 Å². The minimum atomic E-state index is 0.239. The number of rotatable bonds is 5. The average Bonchev–Trinajstić information content (AvgIpc) is 2.75. The van der Waals surface area contributed by atoms with Gasteiger partial charge in [-0.2, -0.15) is 5.10 Å². The standard InChI is InChI=1S/C16H30N4/c1-13(2)11-20-16(18-12-19-20)10-15(17)14-8-6-4-3-5-7-9-14/h12-15H,3-11,17H2,1-2H3. The van der Waals surface area contributed by atoms with Crippen molar-refractivity contribution in [2.45, 2.75) is 77.8 Å². The summed E-state index contributed by atoms with van der Waals surface area (Å²) in [5, 5.41) is 4.34. The van der Waals surface area contributed by atoms with Gasteiger partial charge in [0.1, 0.15) is 12.2 Å². The van der Waals surface area contributed by atoms with Crippen molar-refractivity contribution in [3.05, 3.63) is 12.2 Å². The van der Waals surface area contributed by atoms with E-state index in [1.165, 1.54) is 44.9 Å². The monoisotopic (exact) mass is 278 g/mol. The van der Waals surface area contributed by atoms with Crippen LogP contribution in [0.2, 0.25) is 0 Å². The molecule has 4 nitrogen and oxygen atoms in total. The van der Waals surface area contributed by atoms with E-state index in [1.807, 2.05) is 4.68 Å². The Morgan fingerprint density at radius 2 is 1.85 bits per heavy atom. The van der Waals surface area contributed by atoms with Crippen molar-refractivity contribution in [3.63, 3.8) is 0 Å². The Labute approximate surface area is 123 Å². The molecule has 20 heavy (non-hydrogen) atoms. The van der Waals surface area contributed by atoms with Crippen molar-refractivity contribution in [2.24, 2.45) is 17.6 Å². The smallest absolute Gasteiger partial charge is 0.138 e. The van der Waals surface area contributed by atoms with E-state index in [2.05, 4.69) is 23.9 Å². The molecule has 0 aliphatic heterocycles. The molecule has 0 radical (unpaired) electrons. The average molecular weight is 278 g/mol. The molecule has 0 bridgehead atoms. The number of hydrogen-bond donors (Lipinski definition) is 1. The van der Waals surface area contributed by atoms with Crippen LogP contribution in [0.5, 0.6) is 0 Å². The van der Waals surface area contributed by atoms with Gasteiger partial charge >= 0.3 is 0 Å². The zero-order valence-electron chi connectivity index (χ0n) is 13.1. The number of aromatic nitrogens is 3. The fourth-order valence-electron chi connectivity index (χ4n) is 3.24. The minimum Gasteiger partial charge on any atom is -0.327 e. The maximum absolute atomic E-state index is 6.48. The maximum Gasteiger partial charge on any atom is 0.138 e. The summed E-state index contributed by atoms with van der Waals surface area (Å²) in [5.74, 6) is 2.32. The molecular formula is C16H30N4. The van der Waals surface area contributed by atoms with E-state index >= 15 is 0 Å². The summed E-state index contributed by atoms with van der Waals surface area (Å²) >= 11 is 0. The third-order valence-corrected chi connectivity index (χ3v) is 4.41. The molecule has 4 heteroatoms. The molecule has 1 aromatic rings. The molecule has 0 spiro atoms. The Kier molecular flexibility index (Phi) is 6.02. The van der Waals surface area contributed by atoms with Crippen LogP contribution < -0.4 is 5.73 Å². The molecule has 2 rings (SSSR count). The third-order valence-electron chi connectivity index (χ3n) is 4.41. The summed E-state index contributed by atoms with van der Waals surface area (Å²) in [6.07, 6.45) is 12.0. The molecule has 1 aliphatic rings. The Morgan fingerprint density at radius 1 is 1.20 bits per heavy atom. The third kappa shape index (κ3) is 4.58. The van der Waals surface area contributed by atoms with E-state index in [9.17, 15) is 0 Å². The van der Waals surface area contributed by atoms with Gasteiger partial charge in [-0.3, -0.25) is 0 Å². The lowest BCUT2D eigenvalue weighted by Crippen LogP contribution is -2.34. The normalized spacial score (nSPS) is 19.8. The van der Waals surface area contributed by atoms with Crippen LogP contribution in [0.1, 0.15) is 64.6 Å². The van der Waals surface area contributed by atoms with E-state index in [4.69, 9.17) is 5.73 Å². The second-order valence-corrected chi connectivity index (χ2v) is 6.73. The first-order chi connectivity index (χ1) is 9.66. The van der Waals surface area contributed by atoms with Crippen LogP contribution >= 0.6 is 0 Å². The molecule has 114 valence electrons. The van der Waals surface area contributed by atoms with Crippen molar-refractivity contribution in [1.29, 1.82) is 0 Å². The van der Waals surface area contributed by atoms with Crippen LogP contribution in [-0.4, -0.2) is 20.8 Å². The van der Waals surface area contributed by atoms with Gasteiger partial charge < -0.3 is 5.73 Å². The molecular weight excluding hydrogens is 248 g/mol. The predicted molar refractivity (Wildman–Crippen MR) is 82.3 cm³/mol. The number of hydrogen-bond acceptors (Lipinski definition) is 3. The van der Waals surface area contributed by atoms with E-state index in [-0.39, 0.29) is 6.04 Å². The van der Waals surface area contributed by atoms with Crippen molar-refractivity contribution in [3.8, 4) is 0 Å². The van der Waals surface area contributed by atoms with E-state index < -0.39 is 0 Å². The molecule has 1 aliphatic carbocycles. The Morgan fingerprint density at radius 3 is 2.50 bits per heavy atom. The quantitative estimate of drug-likeness (QED) is 0.900. The van der Waals surface area contributed by atoms with Gasteiger partial charge in [0.2, 0.25) is 0 Å². The highest BCUT2D eigenvalue weighted by Crippen LogP contribution is 2.25. The van der Waals surface area contributed by atoms with E-state index in [1.54, 1.807) is 6.33 Å². The van der Waals surface area contributed by atoms with Crippen LogP contribution in [0.15, 0.2) is 6.33 Å². The molecule has 0 saturated heterocycles. The fourth-order valence-corrected chi connectivity index (χ4v) is 3.24. The maximum atomic E-state index is 6.48. The topological polar surface area (TPSA) is 56.7 Å². The van der Waals surface area contributed by atoms with Gasteiger partial charge in [0.15, 0.2) is 0 Å². The van der Waals surface area contributed by atoms with Crippen molar-refractivity contribution in [1.82, 2.24) is 14.8 Å². The van der Waals surface area contributed by atoms with Crippen molar-refractivity contribution < 1.29 is 0 Å². The molecule has 0 amide bonds. The van der Waals surface area contributed by atoms with Gasteiger partial charge in [0.25, 0.3) is 0 Å². The largest absolute Gasteiger partial charge is 0.327 e. The van der Waals surface area contributed by atoms with E-state index in [0.29, 0.717) is 11.8 Å². The van der Waals surface area contributed by atoms with Crippen molar-refractivity contribution in [2.75, 3.05) is 0 Å². The SMILES string of the molecule is CC(C)Cn1ncnc1CC(N)C1CCCCCCC1. The first-order valence-corrected chi connectivity index (χ1v) is 8.29. The molecule has 1 aromatic heterocycles. The van der Waals surface area contributed by atoms with Gasteiger partial charge in [0.05, 0.1) is 0 Å². The van der Waals surface area contributed by atoms with Crippen LogP contribution in [0.4, 0.5) is 0 Å². The lowest BCUT2D eigenvalue weighted by Gasteiger charge is -2.25. The van der Waals surface area contributed by atoms with Gasteiger partial charge in [-0.25, -0.2) is 9.67 Å². The second-order valence-electron chi connectivity index (χ2n) is 6.73. The summed E-state index contributed by atoms with van der Waals surface area (Å²) < 4.78 is 2.04. The highest BCUT2D eigenvalue weighted by atomic mass is 15.3. The molecule has 1 heterocycles. The lowest BCUT2D eigenvalue weighted by atomic mass is 9.85. The molecule has 1 saturated carbocycles. The van der Waals surface area contributed by atoms with Crippen LogP contribution in [0.25, 0.3) is 0 Å².